The molecule has 0 heterocycles. The first kappa shape index (κ1) is 22.5. The van der Waals surface area contributed by atoms with Crippen LogP contribution >= 0.6 is 39.1 Å². The molecule has 2 rings (SSSR count). The third kappa shape index (κ3) is 8.03. The smallest absolute Gasteiger partial charge is 0.124 e. The number of rotatable bonds is 12. The van der Waals surface area contributed by atoms with Crippen LogP contribution in [0.4, 0.5) is 0 Å². The van der Waals surface area contributed by atoms with E-state index < -0.39 is 0 Å². The van der Waals surface area contributed by atoms with Crippen LogP contribution in [-0.4, -0.2) is 6.54 Å². The Hall–Kier alpha value is -0.740. The highest BCUT2D eigenvalue weighted by atomic mass is 79.9. The molecule has 2 aromatic rings. The van der Waals surface area contributed by atoms with E-state index in [1.807, 2.05) is 30.3 Å². The fourth-order valence-corrected chi connectivity index (χ4v) is 3.82. The Morgan fingerprint density at radius 1 is 0.963 bits per heavy atom. The summed E-state index contributed by atoms with van der Waals surface area (Å²) in [6.45, 7) is 4.40. The molecule has 1 N–H and O–H groups in total. The Bertz CT molecular complexity index is 688. The van der Waals surface area contributed by atoms with Crippen LogP contribution in [0.2, 0.25) is 10.0 Å². The Morgan fingerprint density at radius 2 is 1.67 bits per heavy atom. The first-order valence-electron chi connectivity index (χ1n) is 9.66. The zero-order valence-corrected chi connectivity index (χ0v) is 19.0. The number of ether oxygens (including phenoxy) is 1. The van der Waals surface area contributed by atoms with Gasteiger partial charge in [0.15, 0.2) is 0 Å². The van der Waals surface area contributed by atoms with Gasteiger partial charge in [0.25, 0.3) is 0 Å². The van der Waals surface area contributed by atoms with Crippen LogP contribution in [0.1, 0.15) is 56.6 Å². The maximum atomic E-state index is 6.24. The lowest BCUT2D eigenvalue weighted by Crippen LogP contribution is -2.15. The van der Waals surface area contributed by atoms with Crippen molar-refractivity contribution in [1.29, 1.82) is 0 Å². The van der Waals surface area contributed by atoms with Gasteiger partial charge in [-0.3, -0.25) is 0 Å². The molecule has 0 aromatic heterocycles. The van der Waals surface area contributed by atoms with E-state index in [4.69, 9.17) is 27.9 Å². The zero-order valence-electron chi connectivity index (χ0n) is 15.9. The fraction of sp³-hybridized carbons (Fsp3) is 0.455. The van der Waals surface area contributed by atoms with E-state index in [-0.39, 0.29) is 0 Å². The summed E-state index contributed by atoms with van der Waals surface area (Å²) in [4.78, 5) is 0. The van der Waals surface area contributed by atoms with Crippen molar-refractivity contribution in [2.45, 2.75) is 58.6 Å². The van der Waals surface area contributed by atoms with Gasteiger partial charge in [0.05, 0.1) is 0 Å². The lowest BCUT2D eigenvalue weighted by atomic mass is 10.1. The van der Waals surface area contributed by atoms with Crippen LogP contribution in [0.5, 0.6) is 5.75 Å². The number of halogens is 3. The number of nitrogens with one attached hydrogen (secondary N) is 1. The molecule has 0 saturated heterocycles. The molecule has 0 aliphatic rings. The molecule has 0 aliphatic carbocycles. The predicted molar refractivity (Wildman–Crippen MR) is 120 cm³/mol. The second-order valence-electron chi connectivity index (χ2n) is 6.69. The van der Waals surface area contributed by atoms with Gasteiger partial charge in [-0.15, -0.1) is 0 Å². The van der Waals surface area contributed by atoms with Crippen LogP contribution in [0.15, 0.2) is 40.9 Å². The topological polar surface area (TPSA) is 21.3 Å². The van der Waals surface area contributed by atoms with Crippen molar-refractivity contribution in [3.05, 3.63) is 62.0 Å². The molecular weight excluding hydrogens is 445 g/mol. The van der Waals surface area contributed by atoms with E-state index in [1.54, 1.807) is 0 Å². The molecule has 0 fully saturated rings. The van der Waals surface area contributed by atoms with Crippen LogP contribution in [0.3, 0.4) is 0 Å². The summed E-state index contributed by atoms with van der Waals surface area (Å²) in [5, 5.41) is 4.78. The third-order valence-corrected chi connectivity index (χ3v) is 5.68. The third-order valence-electron chi connectivity index (χ3n) is 4.48. The summed E-state index contributed by atoms with van der Waals surface area (Å²) in [6, 6.07) is 11.6. The number of unbranched alkanes of at least 4 members (excludes halogenated alkanes) is 5. The van der Waals surface area contributed by atoms with Gasteiger partial charge in [0.1, 0.15) is 12.4 Å². The van der Waals surface area contributed by atoms with Crippen molar-refractivity contribution in [2.75, 3.05) is 6.54 Å². The van der Waals surface area contributed by atoms with Gasteiger partial charge >= 0.3 is 0 Å². The molecule has 148 valence electrons. The van der Waals surface area contributed by atoms with Crippen molar-refractivity contribution < 1.29 is 4.74 Å². The van der Waals surface area contributed by atoms with Crippen LogP contribution in [-0.2, 0) is 13.2 Å². The minimum absolute atomic E-state index is 0.352. The molecule has 0 saturated carbocycles. The molecule has 0 bridgehead atoms. The van der Waals surface area contributed by atoms with Crippen molar-refractivity contribution in [1.82, 2.24) is 5.32 Å². The maximum absolute atomic E-state index is 6.24. The summed E-state index contributed by atoms with van der Waals surface area (Å²) in [5.41, 5.74) is 1.94. The Kier molecular flexibility index (Phi) is 10.6. The minimum atomic E-state index is 0.352. The first-order valence-corrected chi connectivity index (χ1v) is 11.2. The molecule has 2 aromatic carbocycles. The Balaban J connectivity index is 1.85. The summed E-state index contributed by atoms with van der Waals surface area (Å²) in [6.07, 6.45) is 7.83. The molecule has 0 aliphatic heterocycles. The van der Waals surface area contributed by atoms with Crippen molar-refractivity contribution in [3.63, 3.8) is 0 Å². The Labute approximate surface area is 181 Å². The molecule has 5 heteroatoms. The van der Waals surface area contributed by atoms with E-state index >= 15 is 0 Å². The largest absolute Gasteiger partial charge is 0.488 e. The SMILES string of the molecule is CCCCCCCCNCc1cc(Br)ccc1OCc1c(Cl)cccc1Cl. The molecule has 0 radical (unpaired) electrons. The van der Waals surface area contributed by atoms with E-state index in [2.05, 4.69) is 34.2 Å². The van der Waals surface area contributed by atoms with E-state index in [0.29, 0.717) is 16.7 Å². The molecule has 0 amide bonds. The normalized spacial score (nSPS) is 11.0. The van der Waals surface area contributed by atoms with Crippen molar-refractivity contribution in [3.8, 4) is 5.75 Å². The van der Waals surface area contributed by atoms with Gasteiger partial charge in [-0.05, 0) is 43.3 Å². The summed E-state index contributed by atoms with van der Waals surface area (Å²) in [7, 11) is 0. The molecule has 0 unspecified atom stereocenters. The monoisotopic (exact) mass is 471 g/mol. The summed E-state index contributed by atoms with van der Waals surface area (Å²) < 4.78 is 7.08. The predicted octanol–water partition coefficient (Wildman–Crippen LogP) is 7.79. The molecule has 2 nitrogen and oxygen atoms in total. The van der Waals surface area contributed by atoms with Gasteiger partial charge in [0, 0.05) is 32.2 Å². The number of hydrogen-bond acceptors (Lipinski definition) is 2. The maximum Gasteiger partial charge on any atom is 0.124 e. The Morgan fingerprint density at radius 3 is 2.41 bits per heavy atom. The minimum Gasteiger partial charge on any atom is -0.488 e. The van der Waals surface area contributed by atoms with Gasteiger partial charge < -0.3 is 10.1 Å². The molecular formula is C22H28BrCl2NO. The number of benzene rings is 2. The summed E-state index contributed by atoms with van der Waals surface area (Å²) in [5.74, 6) is 0.852. The number of hydrogen-bond donors (Lipinski definition) is 1. The zero-order chi connectivity index (χ0) is 19.5. The average Bonchev–Trinajstić information content (AvgIpc) is 2.65. The highest BCUT2D eigenvalue weighted by Crippen LogP contribution is 2.28. The lowest BCUT2D eigenvalue weighted by Gasteiger charge is -2.14. The standard InChI is InChI=1S/C22H28BrCl2NO/c1-2-3-4-5-6-7-13-26-15-17-14-18(23)11-12-22(17)27-16-19-20(24)9-8-10-21(19)25/h8-12,14,26H,2-7,13,15-16H2,1H3. The van der Waals surface area contributed by atoms with Gasteiger partial charge in [-0.2, -0.15) is 0 Å². The summed E-state index contributed by atoms with van der Waals surface area (Å²) >= 11 is 16.0. The average molecular weight is 473 g/mol. The highest BCUT2D eigenvalue weighted by Gasteiger charge is 2.09. The van der Waals surface area contributed by atoms with E-state index in [1.165, 1.54) is 38.5 Å². The van der Waals surface area contributed by atoms with E-state index in [0.717, 1.165) is 34.4 Å². The van der Waals surface area contributed by atoms with Crippen molar-refractivity contribution in [2.24, 2.45) is 0 Å². The quantitative estimate of drug-likeness (QED) is 0.318. The second kappa shape index (κ2) is 12.7. The molecule has 0 atom stereocenters. The lowest BCUT2D eigenvalue weighted by molar-refractivity contribution is 0.302. The van der Waals surface area contributed by atoms with Gasteiger partial charge in [0.2, 0.25) is 0 Å². The van der Waals surface area contributed by atoms with E-state index in [9.17, 15) is 0 Å². The molecule has 0 spiro atoms. The molecule has 27 heavy (non-hydrogen) atoms. The van der Waals surface area contributed by atoms with Crippen molar-refractivity contribution >= 4 is 39.1 Å². The highest BCUT2D eigenvalue weighted by molar-refractivity contribution is 9.10. The van der Waals surface area contributed by atoms with Gasteiger partial charge in [-0.1, -0.05) is 84.2 Å². The second-order valence-corrected chi connectivity index (χ2v) is 8.42. The van der Waals surface area contributed by atoms with Crippen LogP contribution in [0.25, 0.3) is 0 Å². The first-order chi connectivity index (χ1) is 13.1. The van der Waals surface area contributed by atoms with Crippen LogP contribution in [0, 0.1) is 0 Å². The van der Waals surface area contributed by atoms with Gasteiger partial charge in [-0.25, -0.2) is 0 Å². The van der Waals surface area contributed by atoms with Crippen LogP contribution < -0.4 is 10.1 Å². The fourth-order valence-electron chi connectivity index (χ4n) is 2.90.